The van der Waals surface area contributed by atoms with E-state index in [1.807, 2.05) is 29.8 Å². The van der Waals surface area contributed by atoms with Crippen LogP contribution in [0, 0.1) is 6.92 Å². The van der Waals surface area contributed by atoms with Crippen LogP contribution in [0.15, 0.2) is 30.7 Å². The predicted octanol–water partition coefficient (Wildman–Crippen LogP) is 3.36. The molecular formula is C19H18N4O2. The number of carboxylic acid groups (broad SMARTS) is 1. The molecule has 1 aliphatic rings. The Bertz CT molecular complexity index is 1000. The summed E-state index contributed by atoms with van der Waals surface area (Å²) in [6, 6.07) is 6.09. The van der Waals surface area contributed by atoms with Gasteiger partial charge in [-0.1, -0.05) is 25.5 Å². The van der Waals surface area contributed by atoms with Gasteiger partial charge in [0.25, 0.3) is 0 Å². The van der Waals surface area contributed by atoms with E-state index >= 15 is 0 Å². The van der Waals surface area contributed by atoms with Crippen LogP contribution in [0.1, 0.15) is 52.9 Å². The first-order valence-electron chi connectivity index (χ1n) is 8.22. The van der Waals surface area contributed by atoms with E-state index in [9.17, 15) is 9.90 Å². The second-order valence-corrected chi connectivity index (χ2v) is 6.67. The molecule has 0 spiro atoms. The molecule has 126 valence electrons. The van der Waals surface area contributed by atoms with E-state index in [0.717, 1.165) is 33.9 Å². The number of carboxylic acids is 1. The van der Waals surface area contributed by atoms with Crippen molar-refractivity contribution in [3.63, 3.8) is 0 Å². The SMILES string of the molecule is Cc1ccc2c(c1)-c1nc(C(C)C)ncc1Cc1c(C(=O)O)ncn1-2. The van der Waals surface area contributed by atoms with E-state index in [-0.39, 0.29) is 11.6 Å². The smallest absolute Gasteiger partial charge is 0.356 e. The fourth-order valence-corrected chi connectivity index (χ4v) is 3.22. The molecule has 1 aliphatic heterocycles. The van der Waals surface area contributed by atoms with E-state index in [0.29, 0.717) is 12.1 Å². The predicted molar refractivity (Wildman–Crippen MR) is 93.2 cm³/mol. The lowest BCUT2D eigenvalue weighted by atomic mass is 10.0. The monoisotopic (exact) mass is 334 g/mol. The minimum Gasteiger partial charge on any atom is -0.476 e. The van der Waals surface area contributed by atoms with Gasteiger partial charge >= 0.3 is 5.97 Å². The molecule has 1 aromatic carbocycles. The maximum atomic E-state index is 11.6. The van der Waals surface area contributed by atoms with Crippen molar-refractivity contribution in [1.82, 2.24) is 19.5 Å². The normalized spacial score (nSPS) is 12.3. The molecule has 6 heteroatoms. The van der Waals surface area contributed by atoms with Gasteiger partial charge in [0.05, 0.1) is 17.1 Å². The van der Waals surface area contributed by atoms with Crippen molar-refractivity contribution in [3.8, 4) is 16.9 Å². The van der Waals surface area contributed by atoms with Crippen LogP contribution in [-0.4, -0.2) is 30.6 Å². The van der Waals surface area contributed by atoms with Crippen molar-refractivity contribution < 1.29 is 9.90 Å². The lowest BCUT2D eigenvalue weighted by molar-refractivity contribution is 0.0690. The number of benzene rings is 1. The minimum absolute atomic E-state index is 0.0762. The summed E-state index contributed by atoms with van der Waals surface area (Å²) in [5.41, 5.74) is 5.51. The molecule has 0 saturated carbocycles. The fourth-order valence-electron chi connectivity index (χ4n) is 3.22. The number of imidazole rings is 1. The van der Waals surface area contributed by atoms with E-state index in [2.05, 4.69) is 29.9 Å². The molecule has 0 radical (unpaired) electrons. The van der Waals surface area contributed by atoms with Crippen LogP contribution in [0.5, 0.6) is 0 Å². The molecule has 0 unspecified atom stereocenters. The van der Waals surface area contributed by atoms with Gasteiger partial charge < -0.3 is 9.67 Å². The number of carbonyl (C=O) groups is 1. The van der Waals surface area contributed by atoms with Gasteiger partial charge in [-0.2, -0.15) is 0 Å². The van der Waals surface area contributed by atoms with Crippen molar-refractivity contribution in [3.05, 3.63) is 59.1 Å². The van der Waals surface area contributed by atoms with Gasteiger partial charge in [-0.15, -0.1) is 0 Å². The Morgan fingerprint density at radius 3 is 2.80 bits per heavy atom. The molecule has 0 fully saturated rings. The van der Waals surface area contributed by atoms with E-state index in [1.165, 1.54) is 0 Å². The fraction of sp³-hybridized carbons (Fsp3) is 0.263. The molecular weight excluding hydrogens is 316 g/mol. The number of hydrogen-bond acceptors (Lipinski definition) is 4. The summed E-state index contributed by atoms with van der Waals surface area (Å²) in [7, 11) is 0. The zero-order valence-corrected chi connectivity index (χ0v) is 14.3. The highest BCUT2D eigenvalue weighted by atomic mass is 16.4. The third kappa shape index (κ3) is 2.41. The van der Waals surface area contributed by atoms with Gasteiger partial charge in [-0.05, 0) is 19.1 Å². The number of nitrogens with zero attached hydrogens (tertiary/aromatic N) is 4. The molecule has 6 nitrogen and oxygen atoms in total. The average molecular weight is 334 g/mol. The molecule has 1 N–H and O–H groups in total. The Hall–Kier alpha value is -3.02. The Balaban J connectivity index is 2.06. The van der Waals surface area contributed by atoms with Gasteiger partial charge in [0.15, 0.2) is 5.69 Å². The van der Waals surface area contributed by atoms with Crippen molar-refractivity contribution >= 4 is 5.97 Å². The topological polar surface area (TPSA) is 80.9 Å². The zero-order valence-electron chi connectivity index (χ0n) is 14.3. The third-order valence-corrected chi connectivity index (χ3v) is 4.49. The number of aromatic carboxylic acids is 1. The van der Waals surface area contributed by atoms with Crippen molar-refractivity contribution in [2.75, 3.05) is 0 Å². The van der Waals surface area contributed by atoms with Crippen LogP contribution in [0.3, 0.4) is 0 Å². The highest BCUT2D eigenvalue weighted by Gasteiger charge is 2.26. The Morgan fingerprint density at radius 2 is 2.08 bits per heavy atom. The van der Waals surface area contributed by atoms with Gasteiger partial charge in [-0.3, -0.25) is 0 Å². The Labute approximate surface area is 145 Å². The maximum Gasteiger partial charge on any atom is 0.356 e. The molecule has 0 aliphatic carbocycles. The number of aromatic nitrogens is 4. The summed E-state index contributed by atoms with van der Waals surface area (Å²) < 4.78 is 1.86. The summed E-state index contributed by atoms with van der Waals surface area (Å²) in [5.74, 6) is -0.0167. The average Bonchev–Trinajstić information content (AvgIpc) is 2.93. The molecule has 2 aromatic heterocycles. The number of fused-ring (bicyclic) bond motifs is 5. The summed E-state index contributed by atoms with van der Waals surface area (Å²) in [6.45, 7) is 6.16. The summed E-state index contributed by atoms with van der Waals surface area (Å²) >= 11 is 0. The lowest BCUT2D eigenvalue weighted by Gasteiger charge is -2.12. The lowest BCUT2D eigenvalue weighted by Crippen LogP contribution is -2.06. The van der Waals surface area contributed by atoms with Crippen LogP contribution in [-0.2, 0) is 6.42 Å². The van der Waals surface area contributed by atoms with E-state index in [4.69, 9.17) is 4.98 Å². The molecule has 0 atom stereocenters. The molecule has 3 aromatic rings. The second-order valence-electron chi connectivity index (χ2n) is 6.67. The first kappa shape index (κ1) is 15.5. The summed E-state index contributed by atoms with van der Waals surface area (Å²) in [5, 5.41) is 9.47. The zero-order chi connectivity index (χ0) is 17.7. The van der Waals surface area contributed by atoms with Crippen LogP contribution in [0.2, 0.25) is 0 Å². The number of hydrogen-bond donors (Lipinski definition) is 1. The van der Waals surface area contributed by atoms with Gasteiger partial charge in [0.2, 0.25) is 0 Å². The van der Waals surface area contributed by atoms with Crippen molar-refractivity contribution in [1.29, 1.82) is 0 Å². The van der Waals surface area contributed by atoms with E-state index in [1.54, 1.807) is 6.33 Å². The Morgan fingerprint density at radius 1 is 1.28 bits per heavy atom. The third-order valence-electron chi connectivity index (χ3n) is 4.49. The maximum absolute atomic E-state index is 11.6. The first-order valence-corrected chi connectivity index (χ1v) is 8.22. The number of rotatable bonds is 2. The minimum atomic E-state index is -1.02. The van der Waals surface area contributed by atoms with Crippen molar-refractivity contribution in [2.24, 2.45) is 0 Å². The second kappa shape index (κ2) is 5.51. The van der Waals surface area contributed by atoms with Gasteiger partial charge in [-0.25, -0.2) is 19.7 Å². The highest BCUT2D eigenvalue weighted by Crippen LogP contribution is 2.35. The quantitative estimate of drug-likeness (QED) is 0.608. The molecule has 0 saturated heterocycles. The van der Waals surface area contributed by atoms with Crippen LogP contribution in [0.25, 0.3) is 16.9 Å². The summed E-state index contributed by atoms with van der Waals surface area (Å²) in [6.07, 6.45) is 3.83. The largest absolute Gasteiger partial charge is 0.476 e. The number of aryl methyl sites for hydroxylation is 1. The van der Waals surface area contributed by atoms with Crippen molar-refractivity contribution in [2.45, 2.75) is 33.1 Å². The molecule has 0 amide bonds. The Kier molecular flexibility index (Phi) is 3.42. The van der Waals surface area contributed by atoms with Gasteiger partial charge in [0.1, 0.15) is 12.2 Å². The standard InChI is InChI=1S/C19H18N4O2/c1-10(2)18-20-8-12-7-15-17(19(24)25)21-9-23(15)14-5-4-11(3)6-13(14)16(12)22-18/h4-6,8-10H,7H2,1-3H3,(H,24,25). The highest BCUT2D eigenvalue weighted by molar-refractivity contribution is 5.88. The molecule has 4 rings (SSSR count). The van der Waals surface area contributed by atoms with E-state index < -0.39 is 5.97 Å². The molecule has 25 heavy (non-hydrogen) atoms. The summed E-state index contributed by atoms with van der Waals surface area (Å²) in [4.78, 5) is 24.9. The molecule has 3 heterocycles. The molecule has 0 bridgehead atoms. The van der Waals surface area contributed by atoms with Gasteiger partial charge in [0, 0.05) is 29.7 Å². The van der Waals surface area contributed by atoms with Crippen LogP contribution < -0.4 is 0 Å². The van der Waals surface area contributed by atoms with Crippen LogP contribution in [0.4, 0.5) is 0 Å². The first-order chi connectivity index (χ1) is 12.0. The van der Waals surface area contributed by atoms with Crippen LogP contribution >= 0.6 is 0 Å².